The molecule has 0 saturated carbocycles. The summed E-state index contributed by atoms with van der Waals surface area (Å²) < 4.78 is 5.36. The summed E-state index contributed by atoms with van der Waals surface area (Å²) in [5.74, 6) is 0.617. The molecule has 0 saturated heterocycles. The van der Waals surface area contributed by atoms with Crippen molar-refractivity contribution in [3.8, 4) is 5.75 Å². The number of carbonyl (C=O) groups excluding carboxylic acids is 1. The number of ether oxygens (including phenoxy) is 1. The van der Waals surface area contributed by atoms with Gasteiger partial charge in [-0.2, -0.15) is 0 Å². The minimum Gasteiger partial charge on any atom is -0.496 e. The van der Waals surface area contributed by atoms with Gasteiger partial charge in [0.2, 0.25) is 0 Å². The van der Waals surface area contributed by atoms with Crippen molar-refractivity contribution in [1.82, 2.24) is 0 Å². The highest BCUT2D eigenvalue weighted by molar-refractivity contribution is 6.10. The predicted molar refractivity (Wildman–Crippen MR) is 86.3 cm³/mol. The van der Waals surface area contributed by atoms with Crippen LogP contribution in [0.3, 0.4) is 0 Å². The zero-order chi connectivity index (χ0) is 15.6. The first-order valence-corrected chi connectivity index (χ1v) is 7.13. The highest BCUT2D eigenvalue weighted by Gasteiger charge is 2.20. The summed E-state index contributed by atoms with van der Waals surface area (Å²) in [4.78, 5) is 12.7. The summed E-state index contributed by atoms with van der Waals surface area (Å²) in [6.07, 6.45) is 0. The normalized spacial score (nSPS) is 11.3. The van der Waals surface area contributed by atoms with E-state index in [4.69, 9.17) is 4.74 Å². The average molecular weight is 282 g/mol. The van der Waals surface area contributed by atoms with Gasteiger partial charge < -0.3 is 4.74 Å². The molecule has 0 unspecified atom stereocenters. The third-order valence-corrected chi connectivity index (χ3v) is 3.62. The SMILES string of the molecule is COc1ccc(C(C)(C)C)cc1C(=O)c1ccc(C)cc1. The standard InChI is InChI=1S/C19H22O2/c1-13-6-8-14(9-7-13)18(20)16-12-15(19(2,3)4)10-11-17(16)21-5/h6-12H,1-5H3. The summed E-state index contributed by atoms with van der Waals surface area (Å²) in [5.41, 5.74) is 3.56. The van der Waals surface area contributed by atoms with Crippen LogP contribution in [0.25, 0.3) is 0 Å². The van der Waals surface area contributed by atoms with E-state index in [0.717, 1.165) is 11.1 Å². The summed E-state index contributed by atoms with van der Waals surface area (Å²) in [7, 11) is 1.60. The molecule has 0 radical (unpaired) electrons. The number of carbonyl (C=O) groups is 1. The molecule has 0 aliphatic rings. The Morgan fingerprint density at radius 3 is 2.14 bits per heavy atom. The van der Waals surface area contributed by atoms with E-state index in [1.54, 1.807) is 7.11 Å². The molecule has 0 N–H and O–H groups in total. The van der Waals surface area contributed by atoms with Crippen LogP contribution in [-0.4, -0.2) is 12.9 Å². The van der Waals surface area contributed by atoms with Crippen molar-refractivity contribution in [1.29, 1.82) is 0 Å². The van der Waals surface area contributed by atoms with Crippen LogP contribution in [0.15, 0.2) is 42.5 Å². The predicted octanol–water partition coefficient (Wildman–Crippen LogP) is 4.53. The molecular weight excluding hydrogens is 260 g/mol. The summed E-state index contributed by atoms with van der Waals surface area (Å²) in [6, 6.07) is 13.5. The van der Waals surface area contributed by atoms with E-state index in [9.17, 15) is 4.79 Å². The molecular formula is C19H22O2. The van der Waals surface area contributed by atoms with E-state index in [0.29, 0.717) is 16.9 Å². The van der Waals surface area contributed by atoms with Gasteiger partial charge in [-0.25, -0.2) is 0 Å². The van der Waals surface area contributed by atoms with E-state index in [2.05, 4.69) is 20.8 Å². The quantitative estimate of drug-likeness (QED) is 0.773. The maximum Gasteiger partial charge on any atom is 0.196 e. The monoisotopic (exact) mass is 282 g/mol. The molecule has 0 aliphatic carbocycles. The number of hydrogen-bond donors (Lipinski definition) is 0. The Morgan fingerprint density at radius 2 is 1.62 bits per heavy atom. The molecule has 0 aliphatic heterocycles. The lowest BCUT2D eigenvalue weighted by Crippen LogP contribution is -2.13. The molecule has 0 atom stereocenters. The lowest BCUT2D eigenvalue weighted by Gasteiger charge is -2.20. The molecule has 0 bridgehead atoms. The fraction of sp³-hybridized carbons (Fsp3) is 0.316. The van der Waals surface area contributed by atoms with Gasteiger partial charge in [0.05, 0.1) is 12.7 Å². The van der Waals surface area contributed by atoms with Crippen molar-refractivity contribution in [2.24, 2.45) is 0 Å². The highest BCUT2D eigenvalue weighted by atomic mass is 16.5. The third-order valence-electron chi connectivity index (χ3n) is 3.62. The molecule has 2 aromatic carbocycles. The first-order chi connectivity index (χ1) is 9.82. The molecule has 110 valence electrons. The van der Waals surface area contributed by atoms with E-state index < -0.39 is 0 Å². The number of methoxy groups -OCH3 is 1. The Morgan fingerprint density at radius 1 is 1.00 bits per heavy atom. The van der Waals surface area contributed by atoms with Gasteiger partial charge in [0, 0.05) is 5.56 Å². The summed E-state index contributed by atoms with van der Waals surface area (Å²) >= 11 is 0. The Labute approximate surface area is 126 Å². The lowest BCUT2D eigenvalue weighted by molar-refractivity contribution is 0.103. The molecule has 2 heteroatoms. The van der Waals surface area contributed by atoms with Crippen molar-refractivity contribution in [3.63, 3.8) is 0 Å². The van der Waals surface area contributed by atoms with Crippen LogP contribution in [0, 0.1) is 6.92 Å². The van der Waals surface area contributed by atoms with E-state index in [1.807, 2.05) is 49.4 Å². The smallest absolute Gasteiger partial charge is 0.196 e. The Balaban J connectivity index is 2.50. The number of hydrogen-bond acceptors (Lipinski definition) is 2. The molecule has 2 rings (SSSR count). The zero-order valence-corrected chi connectivity index (χ0v) is 13.4. The van der Waals surface area contributed by atoms with Gasteiger partial charge in [-0.3, -0.25) is 4.79 Å². The van der Waals surface area contributed by atoms with Gasteiger partial charge in [-0.15, -0.1) is 0 Å². The number of rotatable bonds is 3. The van der Waals surface area contributed by atoms with Gasteiger partial charge in [0.25, 0.3) is 0 Å². The van der Waals surface area contributed by atoms with Crippen molar-refractivity contribution in [3.05, 3.63) is 64.7 Å². The second-order valence-electron chi connectivity index (χ2n) is 6.36. The van der Waals surface area contributed by atoms with Crippen molar-refractivity contribution in [2.45, 2.75) is 33.1 Å². The molecule has 0 amide bonds. The van der Waals surface area contributed by atoms with E-state index in [-0.39, 0.29) is 11.2 Å². The fourth-order valence-electron chi connectivity index (χ4n) is 2.21. The maximum atomic E-state index is 12.7. The maximum absolute atomic E-state index is 12.7. The minimum atomic E-state index is -0.00538. The number of ketones is 1. The minimum absolute atomic E-state index is 0.00190. The van der Waals surface area contributed by atoms with Crippen LogP contribution in [0.5, 0.6) is 5.75 Å². The molecule has 2 aromatic rings. The molecule has 21 heavy (non-hydrogen) atoms. The molecule has 2 nitrogen and oxygen atoms in total. The molecule has 0 heterocycles. The number of benzene rings is 2. The fourth-order valence-corrected chi connectivity index (χ4v) is 2.21. The number of aryl methyl sites for hydroxylation is 1. The van der Waals surface area contributed by atoms with Gasteiger partial charge in [0.1, 0.15) is 5.75 Å². The zero-order valence-electron chi connectivity index (χ0n) is 13.4. The lowest BCUT2D eigenvalue weighted by atomic mass is 9.85. The Bertz CT molecular complexity index is 646. The molecule has 0 fully saturated rings. The molecule has 0 aromatic heterocycles. The Hall–Kier alpha value is -2.09. The van der Waals surface area contributed by atoms with Crippen molar-refractivity contribution >= 4 is 5.78 Å². The molecule has 0 spiro atoms. The van der Waals surface area contributed by atoms with Crippen molar-refractivity contribution in [2.75, 3.05) is 7.11 Å². The second kappa shape index (κ2) is 5.72. The average Bonchev–Trinajstić information content (AvgIpc) is 2.45. The highest BCUT2D eigenvalue weighted by Crippen LogP contribution is 2.29. The van der Waals surface area contributed by atoms with Gasteiger partial charge in [0.15, 0.2) is 5.78 Å². The van der Waals surface area contributed by atoms with Crippen LogP contribution in [-0.2, 0) is 5.41 Å². The van der Waals surface area contributed by atoms with Crippen LogP contribution >= 0.6 is 0 Å². The Kier molecular flexibility index (Phi) is 4.17. The van der Waals surface area contributed by atoms with Gasteiger partial charge >= 0.3 is 0 Å². The topological polar surface area (TPSA) is 26.3 Å². The summed E-state index contributed by atoms with van der Waals surface area (Å²) in [6.45, 7) is 8.41. The van der Waals surface area contributed by atoms with E-state index in [1.165, 1.54) is 0 Å². The summed E-state index contributed by atoms with van der Waals surface area (Å²) in [5, 5.41) is 0. The van der Waals surface area contributed by atoms with Crippen LogP contribution in [0.2, 0.25) is 0 Å². The van der Waals surface area contributed by atoms with Crippen LogP contribution in [0.4, 0.5) is 0 Å². The van der Waals surface area contributed by atoms with Crippen LogP contribution in [0.1, 0.15) is 47.8 Å². The van der Waals surface area contributed by atoms with Gasteiger partial charge in [-0.1, -0.05) is 56.7 Å². The van der Waals surface area contributed by atoms with E-state index >= 15 is 0 Å². The second-order valence-corrected chi connectivity index (χ2v) is 6.36. The first-order valence-electron chi connectivity index (χ1n) is 7.13. The largest absolute Gasteiger partial charge is 0.496 e. The van der Waals surface area contributed by atoms with Crippen LogP contribution < -0.4 is 4.74 Å². The third kappa shape index (κ3) is 3.33. The first kappa shape index (κ1) is 15.3. The van der Waals surface area contributed by atoms with Crippen molar-refractivity contribution < 1.29 is 9.53 Å². The van der Waals surface area contributed by atoms with Gasteiger partial charge in [-0.05, 0) is 30.0 Å².